The van der Waals surface area contributed by atoms with Crippen LogP contribution in [0.25, 0.3) is 21.7 Å². The second-order valence-corrected chi connectivity index (χ2v) is 7.52. The van der Waals surface area contributed by atoms with E-state index in [0.29, 0.717) is 18.2 Å². The number of halogens is 1. The number of aromatic nitrogens is 1. The molecule has 0 atom stereocenters. The fourth-order valence-corrected chi connectivity index (χ4v) is 3.87. The molecule has 0 radical (unpaired) electrons. The topological polar surface area (TPSA) is 51.5 Å². The lowest BCUT2D eigenvalue weighted by molar-refractivity contribution is -0.137. The summed E-state index contributed by atoms with van der Waals surface area (Å²) >= 11 is 6.16. The maximum atomic E-state index is 11.0. The van der Waals surface area contributed by atoms with Crippen molar-refractivity contribution in [1.29, 1.82) is 0 Å². The summed E-state index contributed by atoms with van der Waals surface area (Å²) in [6, 6.07) is 20.1. The molecule has 29 heavy (non-hydrogen) atoms. The smallest absolute Gasteiger partial charge is 0.305 e. The lowest BCUT2D eigenvalue weighted by Crippen LogP contribution is -2.03. The summed E-state index contributed by atoms with van der Waals surface area (Å²) in [6.07, 6.45) is 3.84. The van der Waals surface area contributed by atoms with Gasteiger partial charge >= 0.3 is 5.97 Å². The third-order valence-corrected chi connectivity index (χ3v) is 5.33. The molecular formula is C24H22ClNO3. The molecule has 1 N–H and O–H groups in total. The van der Waals surface area contributed by atoms with Gasteiger partial charge in [0.2, 0.25) is 0 Å². The Morgan fingerprint density at radius 1 is 1.03 bits per heavy atom. The first kappa shape index (κ1) is 19.3. The Bertz CT molecular complexity index is 1160. The molecule has 0 unspecified atom stereocenters. The van der Waals surface area contributed by atoms with Crippen LogP contribution in [0.4, 0.5) is 0 Å². The zero-order valence-corrected chi connectivity index (χ0v) is 16.7. The van der Waals surface area contributed by atoms with E-state index >= 15 is 0 Å². The van der Waals surface area contributed by atoms with Gasteiger partial charge in [0.15, 0.2) is 0 Å². The van der Waals surface area contributed by atoms with Crippen molar-refractivity contribution in [2.75, 3.05) is 6.61 Å². The molecule has 0 amide bonds. The molecule has 148 valence electrons. The van der Waals surface area contributed by atoms with E-state index in [2.05, 4.69) is 18.2 Å². The number of carboxylic acids is 1. The lowest BCUT2D eigenvalue weighted by Gasteiger charge is -2.09. The largest absolute Gasteiger partial charge is 0.493 e. The number of hydrogen-bond donors (Lipinski definition) is 1. The predicted octanol–water partition coefficient (Wildman–Crippen LogP) is 5.93. The second-order valence-electron chi connectivity index (χ2n) is 7.08. The van der Waals surface area contributed by atoms with Gasteiger partial charge in [0.05, 0.1) is 13.0 Å². The van der Waals surface area contributed by atoms with Crippen molar-refractivity contribution in [2.24, 2.45) is 0 Å². The Morgan fingerprint density at radius 2 is 1.86 bits per heavy atom. The number of benzene rings is 3. The van der Waals surface area contributed by atoms with Crippen LogP contribution in [0, 0.1) is 0 Å². The zero-order chi connectivity index (χ0) is 20.2. The molecule has 0 spiro atoms. The highest BCUT2D eigenvalue weighted by atomic mass is 35.5. The van der Waals surface area contributed by atoms with Crippen LogP contribution in [0.1, 0.15) is 18.4 Å². The van der Waals surface area contributed by atoms with Crippen LogP contribution in [0.3, 0.4) is 0 Å². The predicted molar refractivity (Wildman–Crippen MR) is 117 cm³/mol. The quantitative estimate of drug-likeness (QED) is 0.368. The average molecular weight is 408 g/mol. The molecule has 0 bridgehead atoms. The molecular weight excluding hydrogens is 386 g/mol. The summed E-state index contributed by atoms with van der Waals surface area (Å²) in [5.41, 5.74) is 2.16. The maximum Gasteiger partial charge on any atom is 0.305 e. The molecule has 4 nitrogen and oxygen atoms in total. The Hall–Kier alpha value is -2.98. The van der Waals surface area contributed by atoms with Crippen LogP contribution in [0.15, 0.2) is 66.9 Å². The monoisotopic (exact) mass is 407 g/mol. The fourth-order valence-electron chi connectivity index (χ4n) is 3.71. The van der Waals surface area contributed by atoms with Gasteiger partial charge in [-0.3, -0.25) is 4.79 Å². The van der Waals surface area contributed by atoms with Crippen LogP contribution in [0.2, 0.25) is 5.02 Å². The van der Waals surface area contributed by atoms with Gasteiger partial charge in [0.1, 0.15) is 5.75 Å². The SMILES string of the molecule is O=C(O)CCn1cc(CCCOc2cccc3ccccc23)c2ccc(Cl)cc21. The standard InChI is InChI=1S/C24H22ClNO3/c25-19-10-11-20-18(16-26(22(20)15-19)13-12-24(27)28)7-4-14-29-23-9-3-6-17-5-1-2-8-21(17)23/h1-3,5-6,8-11,15-16H,4,7,12-14H2,(H,27,28). The van der Waals surface area contributed by atoms with Gasteiger partial charge in [-0.25, -0.2) is 0 Å². The number of rotatable bonds is 8. The van der Waals surface area contributed by atoms with E-state index in [1.165, 1.54) is 10.9 Å². The van der Waals surface area contributed by atoms with Crippen molar-refractivity contribution in [2.45, 2.75) is 25.8 Å². The molecule has 0 saturated heterocycles. The van der Waals surface area contributed by atoms with Gasteiger partial charge in [0, 0.05) is 34.1 Å². The minimum Gasteiger partial charge on any atom is -0.493 e. The summed E-state index contributed by atoms with van der Waals surface area (Å²) in [5.74, 6) is 0.0951. The highest BCUT2D eigenvalue weighted by Crippen LogP contribution is 2.27. The summed E-state index contributed by atoms with van der Waals surface area (Å²) in [6.45, 7) is 1.04. The van der Waals surface area contributed by atoms with E-state index in [1.54, 1.807) is 0 Å². The Balaban J connectivity index is 1.46. The van der Waals surface area contributed by atoms with E-state index in [-0.39, 0.29) is 6.42 Å². The van der Waals surface area contributed by atoms with Crippen molar-refractivity contribution < 1.29 is 14.6 Å². The summed E-state index contributed by atoms with van der Waals surface area (Å²) in [5, 5.41) is 13.1. The van der Waals surface area contributed by atoms with Crippen molar-refractivity contribution in [3.8, 4) is 5.75 Å². The van der Waals surface area contributed by atoms with E-state index in [1.807, 2.05) is 53.2 Å². The zero-order valence-electron chi connectivity index (χ0n) is 16.0. The van der Waals surface area contributed by atoms with Gasteiger partial charge in [-0.2, -0.15) is 0 Å². The molecule has 0 saturated carbocycles. The second kappa shape index (κ2) is 8.58. The Kier molecular flexibility index (Phi) is 5.72. The van der Waals surface area contributed by atoms with Crippen LogP contribution in [-0.2, 0) is 17.8 Å². The normalized spacial score (nSPS) is 11.2. The lowest BCUT2D eigenvalue weighted by atomic mass is 10.1. The number of carboxylic acid groups (broad SMARTS) is 1. The molecule has 4 aromatic rings. The van der Waals surface area contributed by atoms with E-state index in [9.17, 15) is 4.79 Å². The van der Waals surface area contributed by atoms with Gasteiger partial charge in [-0.15, -0.1) is 0 Å². The van der Waals surface area contributed by atoms with Crippen molar-refractivity contribution in [3.63, 3.8) is 0 Å². The van der Waals surface area contributed by atoms with Gasteiger partial charge in [0.25, 0.3) is 0 Å². The number of ether oxygens (including phenoxy) is 1. The number of aliphatic carboxylic acids is 1. The van der Waals surface area contributed by atoms with Crippen molar-refractivity contribution in [3.05, 3.63) is 77.4 Å². The molecule has 0 aliphatic heterocycles. The van der Waals surface area contributed by atoms with E-state index in [4.69, 9.17) is 21.4 Å². The van der Waals surface area contributed by atoms with Gasteiger partial charge in [-0.05, 0) is 42.0 Å². The molecule has 0 fully saturated rings. The Morgan fingerprint density at radius 3 is 2.72 bits per heavy atom. The van der Waals surface area contributed by atoms with Gasteiger partial charge < -0.3 is 14.4 Å². The first-order valence-electron chi connectivity index (χ1n) is 9.71. The first-order valence-corrected chi connectivity index (χ1v) is 10.1. The average Bonchev–Trinajstić information content (AvgIpc) is 3.06. The molecule has 5 heteroatoms. The van der Waals surface area contributed by atoms with Crippen molar-refractivity contribution >= 4 is 39.2 Å². The van der Waals surface area contributed by atoms with E-state index in [0.717, 1.165) is 34.9 Å². The number of hydrogen-bond acceptors (Lipinski definition) is 2. The maximum absolute atomic E-state index is 11.0. The summed E-state index contributed by atoms with van der Waals surface area (Å²) in [4.78, 5) is 11.0. The third-order valence-electron chi connectivity index (χ3n) is 5.09. The van der Waals surface area contributed by atoms with Crippen LogP contribution in [0.5, 0.6) is 5.75 Å². The van der Waals surface area contributed by atoms with E-state index < -0.39 is 5.97 Å². The summed E-state index contributed by atoms with van der Waals surface area (Å²) < 4.78 is 8.03. The highest BCUT2D eigenvalue weighted by molar-refractivity contribution is 6.31. The molecule has 1 heterocycles. The number of nitrogens with zero attached hydrogens (tertiary/aromatic N) is 1. The molecule has 0 aliphatic rings. The van der Waals surface area contributed by atoms with Crippen molar-refractivity contribution in [1.82, 2.24) is 4.57 Å². The molecule has 0 aliphatic carbocycles. The number of carbonyl (C=O) groups is 1. The Labute approximate surface area is 174 Å². The minimum atomic E-state index is -0.807. The number of fused-ring (bicyclic) bond motifs is 2. The summed E-state index contributed by atoms with van der Waals surface area (Å²) in [7, 11) is 0. The first-order chi connectivity index (χ1) is 14.1. The highest BCUT2D eigenvalue weighted by Gasteiger charge is 2.10. The molecule has 1 aromatic heterocycles. The van der Waals surface area contributed by atoms with Crippen LogP contribution in [-0.4, -0.2) is 22.2 Å². The molecule has 4 rings (SSSR count). The van der Waals surface area contributed by atoms with Crippen LogP contribution < -0.4 is 4.74 Å². The van der Waals surface area contributed by atoms with Crippen LogP contribution >= 0.6 is 11.6 Å². The fraction of sp³-hybridized carbons (Fsp3) is 0.208. The molecule has 3 aromatic carbocycles. The number of aryl methyl sites for hydroxylation is 2. The third kappa shape index (κ3) is 4.38. The van der Waals surface area contributed by atoms with Gasteiger partial charge in [-0.1, -0.05) is 54.1 Å². The minimum absolute atomic E-state index is 0.0833.